The van der Waals surface area contributed by atoms with Crippen molar-refractivity contribution in [3.63, 3.8) is 0 Å². The zero-order chi connectivity index (χ0) is 16.9. The minimum atomic E-state index is -1.12. The number of esters is 1. The quantitative estimate of drug-likeness (QED) is 0.603. The van der Waals surface area contributed by atoms with Crippen LogP contribution >= 0.6 is 0 Å². The molecule has 0 aromatic heterocycles. The Kier molecular flexibility index (Phi) is 5.16. The van der Waals surface area contributed by atoms with E-state index >= 15 is 0 Å². The molecule has 0 unspecified atom stereocenters. The fourth-order valence-electron chi connectivity index (χ4n) is 2.10. The molecular weight excluding hydrogens is 292 g/mol. The average molecular weight is 312 g/mol. The maximum absolute atomic E-state index is 12.5. The van der Waals surface area contributed by atoms with Gasteiger partial charge in [0.25, 0.3) is 0 Å². The Balaban J connectivity index is 2.20. The molecule has 0 aliphatic heterocycles. The predicted octanol–water partition coefficient (Wildman–Crippen LogP) is 3.64. The first-order chi connectivity index (χ1) is 10.9. The number of carbonyl (C=O) groups excluding carboxylic acids is 2. The summed E-state index contributed by atoms with van der Waals surface area (Å²) in [6.45, 7) is 5.30. The number of ether oxygens (including phenoxy) is 2. The molecule has 0 bridgehead atoms. The van der Waals surface area contributed by atoms with Crippen molar-refractivity contribution in [3.05, 3.63) is 65.7 Å². The lowest BCUT2D eigenvalue weighted by Gasteiger charge is -2.24. The molecule has 2 aromatic rings. The van der Waals surface area contributed by atoms with Gasteiger partial charge in [-0.1, -0.05) is 42.5 Å². The van der Waals surface area contributed by atoms with Gasteiger partial charge in [-0.25, -0.2) is 4.79 Å². The normalized spacial score (nSPS) is 10.9. The number of rotatable bonds is 6. The van der Waals surface area contributed by atoms with Crippen molar-refractivity contribution in [2.45, 2.75) is 26.4 Å². The summed E-state index contributed by atoms with van der Waals surface area (Å²) in [5.41, 5.74) is -0.00703. The van der Waals surface area contributed by atoms with E-state index in [0.29, 0.717) is 16.9 Å². The van der Waals surface area contributed by atoms with E-state index in [1.165, 1.54) is 0 Å². The Bertz CT molecular complexity index is 690. The molecular formula is C19H20O4. The van der Waals surface area contributed by atoms with Gasteiger partial charge < -0.3 is 9.47 Å². The highest BCUT2D eigenvalue weighted by Crippen LogP contribution is 2.22. The van der Waals surface area contributed by atoms with Crippen molar-refractivity contribution < 1.29 is 19.1 Å². The predicted molar refractivity (Wildman–Crippen MR) is 87.7 cm³/mol. The standard InChI is InChI=1S/C19H20O4/c1-4-22-18(21)19(2,3)23-16-12-8-11-15(13-16)17(20)14-9-6-5-7-10-14/h5-13H,4H2,1-3H3. The first kappa shape index (κ1) is 16.7. The van der Waals surface area contributed by atoms with E-state index in [1.54, 1.807) is 57.2 Å². The highest BCUT2D eigenvalue weighted by atomic mass is 16.6. The van der Waals surface area contributed by atoms with Crippen LogP contribution in [0.15, 0.2) is 54.6 Å². The molecule has 0 aliphatic rings. The molecule has 0 amide bonds. The Morgan fingerprint density at radius 2 is 1.61 bits per heavy atom. The molecule has 0 atom stereocenters. The Hall–Kier alpha value is -2.62. The van der Waals surface area contributed by atoms with Gasteiger partial charge >= 0.3 is 5.97 Å². The molecule has 0 radical (unpaired) electrons. The Morgan fingerprint density at radius 3 is 2.26 bits per heavy atom. The first-order valence-corrected chi connectivity index (χ1v) is 7.50. The summed E-state index contributed by atoms with van der Waals surface area (Å²) in [6, 6.07) is 15.8. The minimum Gasteiger partial charge on any atom is -0.476 e. The van der Waals surface area contributed by atoms with E-state index in [9.17, 15) is 9.59 Å². The van der Waals surface area contributed by atoms with Gasteiger partial charge in [-0.2, -0.15) is 0 Å². The lowest BCUT2D eigenvalue weighted by Crippen LogP contribution is -2.39. The maximum atomic E-state index is 12.5. The second kappa shape index (κ2) is 7.09. The first-order valence-electron chi connectivity index (χ1n) is 7.50. The molecule has 2 aromatic carbocycles. The molecule has 0 heterocycles. The van der Waals surface area contributed by atoms with Crippen LogP contribution in [0.2, 0.25) is 0 Å². The van der Waals surface area contributed by atoms with Gasteiger partial charge in [-0.05, 0) is 32.9 Å². The number of hydrogen-bond donors (Lipinski definition) is 0. The lowest BCUT2D eigenvalue weighted by molar-refractivity contribution is -0.158. The van der Waals surface area contributed by atoms with Gasteiger partial charge in [0.05, 0.1) is 6.61 Å². The largest absolute Gasteiger partial charge is 0.476 e. The number of ketones is 1. The molecule has 4 heteroatoms. The summed E-state index contributed by atoms with van der Waals surface area (Å²) < 4.78 is 10.7. The molecule has 0 saturated carbocycles. The van der Waals surface area contributed by atoms with E-state index < -0.39 is 11.6 Å². The number of carbonyl (C=O) groups is 2. The van der Waals surface area contributed by atoms with Gasteiger partial charge in [0.15, 0.2) is 11.4 Å². The number of benzene rings is 2. The summed E-state index contributed by atoms with van der Waals surface area (Å²) in [7, 11) is 0. The van der Waals surface area contributed by atoms with Crippen LogP contribution in [-0.4, -0.2) is 24.0 Å². The molecule has 2 rings (SSSR count). The third kappa shape index (κ3) is 4.19. The van der Waals surface area contributed by atoms with Crippen molar-refractivity contribution in [1.29, 1.82) is 0 Å². The summed E-state index contributed by atoms with van der Waals surface area (Å²) in [5, 5.41) is 0. The summed E-state index contributed by atoms with van der Waals surface area (Å²) in [4.78, 5) is 24.3. The van der Waals surface area contributed by atoms with Crippen molar-refractivity contribution in [2.24, 2.45) is 0 Å². The van der Waals surface area contributed by atoms with Gasteiger partial charge in [0.1, 0.15) is 5.75 Å². The van der Waals surface area contributed by atoms with Crippen LogP contribution in [0.4, 0.5) is 0 Å². The van der Waals surface area contributed by atoms with Crippen LogP contribution in [0, 0.1) is 0 Å². The van der Waals surface area contributed by atoms with Crippen molar-refractivity contribution >= 4 is 11.8 Å². The van der Waals surface area contributed by atoms with Crippen molar-refractivity contribution in [3.8, 4) is 5.75 Å². The number of hydrogen-bond acceptors (Lipinski definition) is 4. The van der Waals surface area contributed by atoms with Crippen LogP contribution < -0.4 is 4.74 Å². The fourth-order valence-corrected chi connectivity index (χ4v) is 2.10. The molecule has 4 nitrogen and oxygen atoms in total. The minimum absolute atomic E-state index is 0.0926. The SMILES string of the molecule is CCOC(=O)C(C)(C)Oc1cccc(C(=O)c2ccccc2)c1. The second-order valence-corrected chi connectivity index (χ2v) is 5.56. The van der Waals surface area contributed by atoms with Crippen LogP contribution in [0.1, 0.15) is 36.7 Å². The summed E-state index contributed by atoms with van der Waals surface area (Å²) in [5.74, 6) is -0.0883. The average Bonchev–Trinajstić information content (AvgIpc) is 2.55. The molecule has 0 aliphatic carbocycles. The Labute approximate surface area is 136 Å². The fraction of sp³-hybridized carbons (Fsp3) is 0.263. The van der Waals surface area contributed by atoms with Crippen molar-refractivity contribution in [2.75, 3.05) is 6.61 Å². The van der Waals surface area contributed by atoms with Gasteiger partial charge in [0.2, 0.25) is 0 Å². The molecule has 23 heavy (non-hydrogen) atoms. The van der Waals surface area contributed by atoms with E-state index in [0.717, 1.165) is 0 Å². The van der Waals surface area contributed by atoms with Crippen LogP contribution in [-0.2, 0) is 9.53 Å². The zero-order valence-corrected chi connectivity index (χ0v) is 13.5. The molecule has 0 fully saturated rings. The van der Waals surface area contributed by atoms with Gasteiger partial charge in [-0.15, -0.1) is 0 Å². The van der Waals surface area contributed by atoms with E-state index in [4.69, 9.17) is 9.47 Å². The van der Waals surface area contributed by atoms with Crippen molar-refractivity contribution in [1.82, 2.24) is 0 Å². The smallest absolute Gasteiger partial charge is 0.349 e. The highest BCUT2D eigenvalue weighted by Gasteiger charge is 2.31. The van der Waals surface area contributed by atoms with E-state index in [2.05, 4.69) is 0 Å². The summed E-state index contributed by atoms with van der Waals surface area (Å²) >= 11 is 0. The molecule has 0 spiro atoms. The van der Waals surface area contributed by atoms with Crippen LogP contribution in [0.25, 0.3) is 0 Å². The Morgan fingerprint density at radius 1 is 0.957 bits per heavy atom. The van der Waals surface area contributed by atoms with Gasteiger partial charge in [0, 0.05) is 11.1 Å². The third-order valence-corrected chi connectivity index (χ3v) is 3.27. The zero-order valence-electron chi connectivity index (χ0n) is 13.5. The van der Waals surface area contributed by atoms with Crippen LogP contribution in [0.5, 0.6) is 5.75 Å². The summed E-state index contributed by atoms with van der Waals surface area (Å²) in [6.07, 6.45) is 0. The lowest BCUT2D eigenvalue weighted by atomic mass is 10.0. The molecule has 0 N–H and O–H groups in total. The second-order valence-electron chi connectivity index (χ2n) is 5.56. The monoisotopic (exact) mass is 312 g/mol. The maximum Gasteiger partial charge on any atom is 0.349 e. The van der Waals surface area contributed by atoms with E-state index in [1.807, 2.05) is 18.2 Å². The highest BCUT2D eigenvalue weighted by molar-refractivity contribution is 6.09. The van der Waals surface area contributed by atoms with E-state index in [-0.39, 0.29) is 12.4 Å². The molecule has 0 saturated heterocycles. The van der Waals surface area contributed by atoms with Crippen LogP contribution in [0.3, 0.4) is 0 Å². The topological polar surface area (TPSA) is 52.6 Å². The van der Waals surface area contributed by atoms with Gasteiger partial charge in [-0.3, -0.25) is 4.79 Å². The molecule has 120 valence electrons. The third-order valence-electron chi connectivity index (χ3n) is 3.27.